The van der Waals surface area contributed by atoms with Gasteiger partial charge < -0.3 is 15.4 Å². The molecule has 2 amide bonds. The summed E-state index contributed by atoms with van der Waals surface area (Å²) in [6, 6.07) is 6.85. The van der Waals surface area contributed by atoms with E-state index in [0.717, 1.165) is 12.3 Å². The fraction of sp³-hybridized carbons (Fsp3) is 0.467. The molecule has 108 valence electrons. The molecule has 0 atom stereocenters. The van der Waals surface area contributed by atoms with E-state index < -0.39 is 0 Å². The molecule has 1 aliphatic carbocycles. The Hall–Kier alpha value is -2.04. The maximum atomic E-state index is 11.8. The molecule has 0 spiro atoms. The van der Waals surface area contributed by atoms with Gasteiger partial charge in [-0.2, -0.15) is 0 Å². The Morgan fingerprint density at radius 3 is 2.50 bits per heavy atom. The summed E-state index contributed by atoms with van der Waals surface area (Å²) in [5, 5.41) is 5.41. The molecule has 0 radical (unpaired) electrons. The van der Waals surface area contributed by atoms with Crippen molar-refractivity contribution < 1.29 is 14.3 Å². The topological polar surface area (TPSA) is 67.4 Å². The Labute approximate surface area is 118 Å². The monoisotopic (exact) mass is 276 g/mol. The third-order valence-electron chi connectivity index (χ3n) is 3.12. The van der Waals surface area contributed by atoms with E-state index in [4.69, 9.17) is 4.74 Å². The average molecular weight is 276 g/mol. The fourth-order valence-corrected chi connectivity index (χ4v) is 1.77. The second-order valence-corrected chi connectivity index (χ2v) is 4.89. The van der Waals surface area contributed by atoms with E-state index in [1.165, 1.54) is 12.8 Å². The SMILES string of the molecule is CCOc1ccc(C(=O)NCC(=O)NCC2CC2)cc1. The molecule has 1 aromatic rings. The zero-order valence-electron chi connectivity index (χ0n) is 11.6. The minimum atomic E-state index is -0.255. The van der Waals surface area contributed by atoms with Crippen molar-refractivity contribution in [1.82, 2.24) is 10.6 Å². The predicted molar refractivity (Wildman–Crippen MR) is 75.7 cm³/mol. The summed E-state index contributed by atoms with van der Waals surface area (Å²) >= 11 is 0. The van der Waals surface area contributed by atoms with Crippen LogP contribution in [0.1, 0.15) is 30.1 Å². The van der Waals surface area contributed by atoms with Gasteiger partial charge in [-0.15, -0.1) is 0 Å². The van der Waals surface area contributed by atoms with Crippen LogP contribution < -0.4 is 15.4 Å². The molecule has 1 saturated carbocycles. The van der Waals surface area contributed by atoms with Gasteiger partial charge >= 0.3 is 0 Å². The summed E-state index contributed by atoms with van der Waals surface area (Å²) in [7, 11) is 0. The molecule has 0 heterocycles. The number of ether oxygens (including phenoxy) is 1. The molecule has 0 aliphatic heterocycles. The van der Waals surface area contributed by atoms with E-state index in [1.54, 1.807) is 24.3 Å². The number of nitrogens with one attached hydrogen (secondary N) is 2. The highest BCUT2D eigenvalue weighted by Gasteiger charge is 2.21. The fourth-order valence-electron chi connectivity index (χ4n) is 1.77. The summed E-state index contributed by atoms with van der Waals surface area (Å²) in [6.07, 6.45) is 2.39. The van der Waals surface area contributed by atoms with Gasteiger partial charge in [0.05, 0.1) is 13.2 Å². The zero-order valence-corrected chi connectivity index (χ0v) is 11.6. The molecule has 5 heteroatoms. The van der Waals surface area contributed by atoms with E-state index in [0.29, 0.717) is 18.1 Å². The second kappa shape index (κ2) is 6.93. The van der Waals surface area contributed by atoms with Crippen molar-refractivity contribution in [3.63, 3.8) is 0 Å². The predicted octanol–water partition coefficient (Wildman–Crippen LogP) is 1.34. The first kappa shape index (κ1) is 14.4. The third-order valence-corrected chi connectivity index (χ3v) is 3.12. The zero-order chi connectivity index (χ0) is 14.4. The number of hydrogen-bond donors (Lipinski definition) is 2. The van der Waals surface area contributed by atoms with Gasteiger partial charge in [0, 0.05) is 12.1 Å². The van der Waals surface area contributed by atoms with E-state index in [9.17, 15) is 9.59 Å². The van der Waals surface area contributed by atoms with Gasteiger partial charge in [0.1, 0.15) is 5.75 Å². The molecule has 20 heavy (non-hydrogen) atoms. The molecule has 2 rings (SSSR count). The summed E-state index contributed by atoms with van der Waals surface area (Å²) < 4.78 is 5.30. The van der Waals surface area contributed by atoms with E-state index in [-0.39, 0.29) is 18.4 Å². The molecule has 1 aliphatic rings. The van der Waals surface area contributed by atoms with Gasteiger partial charge in [-0.1, -0.05) is 0 Å². The molecule has 0 unspecified atom stereocenters. The lowest BCUT2D eigenvalue weighted by molar-refractivity contribution is -0.120. The smallest absolute Gasteiger partial charge is 0.251 e. The molecule has 1 fully saturated rings. The molecule has 0 saturated heterocycles. The van der Waals surface area contributed by atoms with Gasteiger partial charge in [-0.05, 0) is 49.9 Å². The van der Waals surface area contributed by atoms with Crippen molar-refractivity contribution in [3.05, 3.63) is 29.8 Å². The lowest BCUT2D eigenvalue weighted by atomic mass is 10.2. The first-order chi connectivity index (χ1) is 9.69. The summed E-state index contributed by atoms with van der Waals surface area (Å²) in [5.74, 6) is 0.970. The highest BCUT2D eigenvalue weighted by atomic mass is 16.5. The van der Waals surface area contributed by atoms with Crippen LogP contribution in [0.15, 0.2) is 24.3 Å². The van der Waals surface area contributed by atoms with Gasteiger partial charge in [0.15, 0.2) is 0 Å². The largest absolute Gasteiger partial charge is 0.494 e. The van der Waals surface area contributed by atoms with E-state index >= 15 is 0 Å². The Morgan fingerprint density at radius 2 is 1.90 bits per heavy atom. The number of rotatable bonds is 7. The van der Waals surface area contributed by atoms with Crippen LogP contribution in [0.25, 0.3) is 0 Å². The van der Waals surface area contributed by atoms with Gasteiger partial charge in [0.2, 0.25) is 5.91 Å². The van der Waals surface area contributed by atoms with Crippen LogP contribution >= 0.6 is 0 Å². The van der Waals surface area contributed by atoms with E-state index in [1.807, 2.05) is 6.92 Å². The number of carbonyl (C=O) groups excluding carboxylic acids is 2. The van der Waals surface area contributed by atoms with Crippen molar-refractivity contribution in [3.8, 4) is 5.75 Å². The Bertz CT molecular complexity index is 467. The van der Waals surface area contributed by atoms with Crippen LogP contribution in [-0.4, -0.2) is 31.5 Å². The standard InChI is InChI=1S/C15H20N2O3/c1-2-20-13-7-5-12(6-8-13)15(19)17-10-14(18)16-9-11-3-4-11/h5-8,11H,2-4,9-10H2,1H3,(H,16,18)(H,17,19). The van der Waals surface area contributed by atoms with Gasteiger partial charge in [0.25, 0.3) is 5.91 Å². The van der Waals surface area contributed by atoms with Crippen molar-refractivity contribution in [2.45, 2.75) is 19.8 Å². The van der Waals surface area contributed by atoms with Crippen LogP contribution in [0.2, 0.25) is 0 Å². The first-order valence-corrected chi connectivity index (χ1v) is 6.96. The van der Waals surface area contributed by atoms with E-state index in [2.05, 4.69) is 10.6 Å². The summed E-state index contributed by atoms with van der Waals surface area (Å²) in [4.78, 5) is 23.3. The molecule has 2 N–H and O–H groups in total. The average Bonchev–Trinajstić information content (AvgIpc) is 3.28. The lowest BCUT2D eigenvalue weighted by Gasteiger charge is -2.07. The molecule has 0 bridgehead atoms. The van der Waals surface area contributed by atoms with Gasteiger partial charge in [-0.25, -0.2) is 0 Å². The number of benzene rings is 1. The molecule has 0 aromatic heterocycles. The van der Waals surface area contributed by atoms with Crippen LogP contribution in [0, 0.1) is 5.92 Å². The van der Waals surface area contributed by atoms with Crippen molar-refractivity contribution >= 4 is 11.8 Å². The highest BCUT2D eigenvalue weighted by molar-refractivity contribution is 5.96. The Kier molecular flexibility index (Phi) is 4.98. The number of hydrogen-bond acceptors (Lipinski definition) is 3. The molecule has 1 aromatic carbocycles. The normalized spacial score (nSPS) is 13.7. The first-order valence-electron chi connectivity index (χ1n) is 6.96. The quantitative estimate of drug-likeness (QED) is 0.789. The van der Waals surface area contributed by atoms with Crippen LogP contribution in [0.4, 0.5) is 0 Å². The Morgan fingerprint density at radius 1 is 1.20 bits per heavy atom. The highest BCUT2D eigenvalue weighted by Crippen LogP contribution is 2.27. The molecular formula is C15H20N2O3. The third kappa shape index (κ3) is 4.57. The maximum absolute atomic E-state index is 11.8. The Balaban J connectivity index is 1.73. The van der Waals surface area contributed by atoms with Crippen molar-refractivity contribution in [1.29, 1.82) is 0 Å². The summed E-state index contributed by atoms with van der Waals surface area (Å²) in [5.41, 5.74) is 0.517. The van der Waals surface area contributed by atoms with Crippen LogP contribution in [0.3, 0.4) is 0 Å². The van der Waals surface area contributed by atoms with Crippen molar-refractivity contribution in [2.75, 3.05) is 19.7 Å². The molecular weight excluding hydrogens is 256 g/mol. The summed E-state index contributed by atoms with van der Waals surface area (Å²) in [6.45, 7) is 3.23. The van der Waals surface area contributed by atoms with Crippen LogP contribution in [-0.2, 0) is 4.79 Å². The minimum absolute atomic E-state index is 0.0127. The van der Waals surface area contributed by atoms with Gasteiger partial charge in [-0.3, -0.25) is 9.59 Å². The molecule has 5 nitrogen and oxygen atoms in total. The second-order valence-electron chi connectivity index (χ2n) is 4.89. The maximum Gasteiger partial charge on any atom is 0.251 e. The van der Waals surface area contributed by atoms with Crippen LogP contribution in [0.5, 0.6) is 5.75 Å². The van der Waals surface area contributed by atoms with Crippen molar-refractivity contribution in [2.24, 2.45) is 5.92 Å². The number of carbonyl (C=O) groups is 2. The minimum Gasteiger partial charge on any atom is -0.494 e. The lowest BCUT2D eigenvalue weighted by Crippen LogP contribution is -2.37. The number of amides is 2.